The largest absolute Gasteiger partial charge is 0.504 e. The fourth-order valence-corrected chi connectivity index (χ4v) is 3.21. The number of ether oxygens (including phenoxy) is 1. The number of rotatable bonds is 8. The van der Waals surface area contributed by atoms with E-state index in [1.54, 1.807) is 18.2 Å². The molecule has 2 aromatic rings. The SMILES string of the molecule is COc1cc([C@H](O)CC=C=C(CO)C[C@@H](O)c2ccccc2)cc(I)c1O. The van der Waals surface area contributed by atoms with Crippen LogP contribution in [0.25, 0.3) is 0 Å². The Bertz CT molecular complexity index is 813. The summed E-state index contributed by atoms with van der Waals surface area (Å²) in [5.74, 6) is 0.347. The Morgan fingerprint density at radius 1 is 1.15 bits per heavy atom. The first kappa shape index (κ1) is 21.5. The van der Waals surface area contributed by atoms with Crippen LogP contribution in [0.15, 0.2) is 59.8 Å². The molecule has 0 aliphatic heterocycles. The van der Waals surface area contributed by atoms with Gasteiger partial charge in [0.05, 0.1) is 29.5 Å². The normalized spacial score (nSPS) is 12.8. The van der Waals surface area contributed by atoms with E-state index >= 15 is 0 Å². The highest BCUT2D eigenvalue weighted by atomic mass is 127. The molecule has 0 bridgehead atoms. The second kappa shape index (κ2) is 10.5. The standard InChI is InChI=1S/C21H23IO5/c1-27-20-12-16(11-17(22)21(20)26)18(24)9-5-6-14(13-23)10-19(25)15-7-3-2-4-8-15/h2-5,7-8,11-12,18-19,23-26H,9-10,13H2,1H3/t6?,18-,19-/m1/s1. The molecule has 2 atom stereocenters. The van der Waals surface area contributed by atoms with Crippen LogP contribution in [-0.2, 0) is 0 Å². The zero-order valence-electron chi connectivity index (χ0n) is 15.0. The Labute approximate surface area is 172 Å². The minimum absolute atomic E-state index is 0.0435. The van der Waals surface area contributed by atoms with Crippen molar-refractivity contribution in [3.8, 4) is 11.5 Å². The monoisotopic (exact) mass is 482 g/mol. The minimum Gasteiger partial charge on any atom is -0.504 e. The lowest BCUT2D eigenvalue weighted by atomic mass is 10.0. The van der Waals surface area contributed by atoms with Gasteiger partial charge in [-0.15, -0.1) is 5.73 Å². The highest BCUT2D eigenvalue weighted by molar-refractivity contribution is 14.1. The minimum atomic E-state index is -0.806. The molecule has 0 aromatic heterocycles. The predicted molar refractivity (Wildman–Crippen MR) is 112 cm³/mol. The van der Waals surface area contributed by atoms with Crippen molar-refractivity contribution in [1.82, 2.24) is 0 Å². The van der Waals surface area contributed by atoms with Gasteiger partial charge in [-0.05, 0) is 57.5 Å². The third-order valence-electron chi connectivity index (χ3n) is 4.12. The number of halogens is 1. The molecule has 2 rings (SSSR count). The third-order valence-corrected chi connectivity index (χ3v) is 4.94. The van der Waals surface area contributed by atoms with Gasteiger partial charge in [-0.2, -0.15) is 0 Å². The van der Waals surface area contributed by atoms with Crippen molar-refractivity contribution in [2.45, 2.75) is 25.0 Å². The molecule has 0 aliphatic carbocycles. The molecule has 5 nitrogen and oxygen atoms in total. The maximum absolute atomic E-state index is 10.4. The van der Waals surface area contributed by atoms with Gasteiger partial charge < -0.3 is 25.2 Å². The number of phenolic OH excluding ortho intramolecular Hbond substituents is 1. The summed E-state index contributed by atoms with van der Waals surface area (Å²) in [6.45, 7) is -0.221. The Morgan fingerprint density at radius 3 is 2.48 bits per heavy atom. The van der Waals surface area contributed by atoms with Crippen LogP contribution < -0.4 is 4.74 Å². The first-order valence-electron chi connectivity index (χ1n) is 8.47. The number of methoxy groups -OCH3 is 1. The van der Waals surface area contributed by atoms with Crippen molar-refractivity contribution in [3.05, 3.63) is 74.5 Å². The van der Waals surface area contributed by atoms with E-state index in [9.17, 15) is 20.4 Å². The molecule has 0 unspecified atom stereocenters. The lowest BCUT2D eigenvalue weighted by molar-refractivity contribution is 0.172. The zero-order chi connectivity index (χ0) is 19.8. The zero-order valence-corrected chi connectivity index (χ0v) is 17.1. The van der Waals surface area contributed by atoms with Gasteiger partial charge in [0.15, 0.2) is 11.5 Å². The van der Waals surface area contributed by atoms with Gasteiger partial charge in [0.2, 0.25) is 0 Å². The van der Waals surface area contributed by atoms with E-state index in [-0.39, 0.29) is 25.2 Å². The molecule has 0 fully saturated rings. The summed E-state index contributed by atoms with van der Waals surface area (Å²) in [6.07, 6.45) is 0.647. The summed E-state index contributed by atoms with van der Waals surface area (Å²) in [7, 11) is 1.45. The molecule has 6 heteroatoms. The smallest absolute Gasteiger partial charge is 0.171 e. The first-order valence-corrected chi connectivity index (χ1v) is 9.55. The van der Waals surface area contributed by atoms with E-state index < -0.39 is 12.2 Å². The molecule has 4 N–H and O–H groups in total. The number of aliphatic hydroxyl groups excluding tert-OH is 3. The fourth-order valence-electron chi connectivity index (χ4n) is 2.59. The Balaban J connectivity index is 2.07. The van der Waals surface area contributed by atoms with Crippen LogP contribution in [0.3, 0.4) is 0 Å². The molecule has 0 heterocycles. The van der Waals surface area contributed by atoms with Gasteiger partial charge in [0.1, 0.15) is 0 Å². The summed E-state index contributed by atoms with van der Waals surface area (Å²) in [4.78, 5) is 0. The first-order chi connectivity index (χ1) is 13.0. The predicted octanol–water partition coefficient (Wildman–Crippen LogP) is 3.63. The number of hydrogen-bond donors (Lipinski definition) is 4. The van der Waals surface area contributed by atoms with E-state index in [0.29, 0.717) is 20.5 Å². The average Bonchev–Trinajstić information content (AvgIpc) is 2.69. The van der Waals surface area contributed by atoms with Crippen LogP contribution in [0, 0.1) is 3.57 Å². The van der Waals surface area contributed by atoms with E-state index in [2.05, 4.69) is 5.73 Å². The lowest BCUT2D eigenvalue weighted by Crippen LogP contribution is -2.01. The molecule has 0 saturated heterocycles. The second-order valence-corrected chi connectivity index (χ2v) is 7.21. The Morgan fingerprint density at radius 2 is 1.85 bits per heavy atom. The van der Waals surface area contributed by atoms with Gasteiger partial charge in [-0.3, -0.25) is 0 Å². The van der Waals surface area contributed by atoms with Crippen molar-refractivity contribution in [2.75, 3.05) is 13.7 Å². The van der Waals surface area contributed by atoms with Crippen LogP contribution in [0.5, 0.6) is 11.5 Å². The van der Waals surface area contributed by atoms with Crippen molar-refractivity contribution >= 4 is 22.6 Å². The van der Waals surface area contributed by atoms with Crippen LogP contribution >= 0.6 is 22.6 Å². The second-order valence-electron chi connectivity index (χ2n) is 6.05. The summed E-state index contributed by atoms with van der Waals surface area (Å²) < 4.78 is 5.69. The molecule has 0 aliphatic rings. The van der Waals surface area contributed by atoms with Gasteiger partial charge >= 0.3 is 0 Å². The van der Waals surface area contributed by atoms with E-state index in [1.807, 2.05) is 52.9 Å². The van der Waals surface area contributed by atoms with Crippen molar-refractivity contribution in [3.63, 3.8) is 0 Å². The number of aromatic hydroxyl groups is 1. The van der Waals surface area contributed by atoms with Crippen LogP contribution in [-0.4, -0.2) is 34.1 Å². The highest BCUT2D eigenvalue weighted by Gasteiger charge is 2.14. The molecule has 0 spiro atoms. The summed E-state index contributed by atoms with van der Waals surface area (Å²) in [5.41, 5.74) is 4.90. The molecule has 2 aromatic carbocycles. The number of aliphatic hydroxyl groups is 3. The third kappa shape index (κ3) is 6.09. The van der Waals surface area contributed by atoms with Crippen LogP contribution in [0.4, 0.5) is 0 Å². The molecular formula is C21H23IO5. The Kier molecular flexibility index (Phi) is 8.34. The number of benzene rings is 2. The van der Waals surface area contributed by atoms with Gasteiger partial charge in [0, 0.05) is 12.8 Å². The molecule has 27 heavy (non-hydrogen) atoms. The highest BCUT2D eigenvalue weighted by Crippen LogP contribution is 2.35. The fraction of sp³-hybridized carbons (Fsp3) is 0.286. The number of phenols is 1. The van der Waals surface area contributed by atoms with Crippen molar-refractivity contribution in [1.29, 1.82) is 0 Å². The van der Waals surface area contributed by atoms with Crippen LogP contribution in [0.1, 0.15) is 36.2 Å². The molecule has 144 valence electrons. The van der Waals surface area contributed by atoms with E-state index in [1.165, 1.54) is 7.11 Å². The van der Waals surface area contributed by atoms with Crippen molar-refractivity contribution < 1.29 is 25.2 Å². The van der Waals surface area contributed by atoms with Gasteiger partial charge in [0.25, 0.3) is 0 Å². The van der Waals surface area contributed by atoms with Gasteiger partial charge in [-0.25, -0.2) is 0 Å². The van der Waals surface area contributed by atoms with Crippen molar-refractivity contribution in [2.24, 2.45) is 0 Å². The van der Waals surface area contributed by atoms with Crippen LogP contribution in [0.2, 0.25) is 0 Å². The maximum Gasteiger partial charge on any atom is 0.171 e. The number of hydrogen-bond acceptors (Lipinski definition) is 5. The molecular weight excluding hydrogens is 459 g/mol. The lowest BCUT2D eigenvalue weighted by Gasteiger charge is -2.13. The van der Waals surface area contributed by atoms with E-state index in [0.717, 1.165) is 5.56 Å². The summed E-state index contributed by atoms with van der Waals surface area (Å²) in [6, 6.07) is 12.5. The molecule has 0 saturated carbocycles. The maximum atomic E-state index is 10.4. The average molecular weight is 482 g/mol. The quantitative estimate of drug-likeness (QED) is 0.341. The summed E-state index contributed by atoms with van der Waals surface area (Å²) >= 11 is 1.97. The molecule has 0 radical (unpaired) electrons. The Hall–Kier alpha value is -1.83. The summed E-state index contributed by atoms with van der Waals surface area (Å²) in [5, 5.41) is 40.0. The molecule has 0 amide bonds. The van der Waals surface area contributed by atoms with E-state index in [4.69, 9.17) is 4.74 Å². The van der Waals surface area contributed by atoms with Gasteiger partial charge in [-0.1, -0.05) is 30.3 Å². The topological polar surface area (TPSA) is 90.2 Å².